The van der Waals surface area contributed by atoms with Gasteiger partial charge in [0.25, 0.3) is 0 Å². The summed E-state index contributed by atoms with van der Waals surface area (Å²) in [6.07, 6.45) is 49.9. The van der Waals surface area contributed by atoms with Crippen LogP contribution in [-0.4, -0.2) is 64.8 Å². The molecule has 0 saturated carbocycles. The molecule has 2 unspecified atom stereocenters. The Hall–Kier alpha value is -0.800. The molecule has 0 amide bonds. The van der Waals surface area contributed by atoms with Crippen molar-refractivity contribution in [2.45, 2.75) is 285 Å². The van der Waals surface area contributed by atoms with Gasteiger partial charge < -0.3 is 33.2 Å². The average molecular weight is 867 g/mol. The molecule has 61 heavy (non-hydrogen) atoms. The van der Waals surface area contributed by atoms with Gasteiger partial charge in [-0.05, 0) is 103 Å². The Morgan fingerprint density at radius 1 is 0.295 bits per heavy atom. The zero-order chi connectivity index (χ0) is 44.4. The van der Waals surface area contributed by atoms with Crippen molar-refractivity contribution in [3.05, 3.63) is 24.3 Å². The van der Waals surface area contributed by atoms with Gasteiger partial charge in [-0.3, -0.25) is 0 Å². The normalized spacial score (nSPS) is 13.2. The minimum absolute atomic E-state index is 0.000875. The zero-order valence-electron chi connectivity index (χ0n) is 41.8. The second-order valence-corrected chi connectivity index (χ2v) is 17.3. The van der Waals surface area contributed by atoms with Crippen molar-refractivity contribution in [1.29, 1.82) is 0 Å². The van der Waals surface area contributed by atoms with E-state index in [1.165, 1.54) is 167 Å². The number of ether oxygens (including phenoxy) is 7. The molecular weight excluding hydrogens is 761 g/mol. The summed E-state index contributed by atoms with van der Waals surface area (Å²) in [5, 5.41) is 0. The SMILES string of the molecule is CCCCCOC(CCCCCCCCCCCC=CC(OCC)OC(C=CCCCCCCCCCCCC(OCCCCC)OCCCCC)OCC)OCCCCC. The van der Waals surface area contributed by atoms with Crippen LogP contribution in [0.25, 0.3) is 0 Å². The molecule has 7 heteroatoms. The first-order valence-corrected chi connectivity index (χ1v) is 26.8. The quantitative estimate of drug-likeness (QED) is 0.0343. The molecule has 0 radical (unpaired) electrons. The van der Waals surface area contributed by atoms with Gasteiger partial charge in [0.15, 0.2) is 25.2 Å². The number of allylic oxidation sites excluding steroid dienone is 2. The first kappa shape index (κ1) is 60.2. The van der Waals surface area contributed by atoms with Gasteiger partial charge in [-0.25, -0.2) is 0 Å². The highest BCUT2D eigenvalue weighted by atomic mass is 16.8. The summed E-state index contributed by atoms with van der Waals surface area (Å²) in [4.78, 5) is 0. The van der Waals surface area contributed by atoms with Crippen molar-refractivity contribution in [3.8, 4) is 0 Å². The molecule has 0 spiro atoms. The van der Waals surface area contributed by atoms with Crippen LogP contribution in [0.15, 0.2) is 24.3 Å². The third kappa shape index (κ3) is 45.6. The van der Waals surface area contributed by atoms with Crippen molar-refractivity contribution < 1.29 is 33.2 Å². The van der Waals surface area contributed by atoms with Crippen LogP contribution >= 0.6 is 0 Å². The maximum atomic E-state index is 6.22. The summed E-state index contributed by atoms with van der Waals surface area (Å²) in [5.41, 5.74) is 0. The van der Waals surface area contributed by atoms with Gasteiger partial charge in [-0.1, -0.05) is 181 Å². The first-order chi connectivity index (χ1) is 30.1. The highest BCUT2D eigenvalue weighted by molar-refractivity contribution is 4.89. The van der Waals surface area contributed by atoms with Gasteiger partial charge in [0.05, 0.1) is 0 Å². The average Bonchev–Trinajstić information content (AvgIpc) is 3.26. The minimum atomic E-state index is -0.379. The van der Waals surface area contributed by atoms with Crippen LogP contribution in [0, 0.1) is 0 Å². The molecule has 0 aliphatic rings. The van der Waals surface area contributed by atoms with Crippen LogP contribution < -0.4 is 0 Å². The van der Waals surface area contributed by atoms with Crippen molar-refractivity contribution >= 4 is 0 Å². The van der Waals surface area contributed by atoms with Crippen molar-refractivity contribution in [1.82, 2.24) is 0 Å². The predicted molar refractivity (Wildman–Crippen MR) is 261 cm³/mol. The van der Waals surface area contributed by atoms with Crippen LogP contribution in [-0.2, 0) is 33.2 Å². The van der Waals surface area contributed by atoms with Gasteiger partial charge >= 0.3 is 0 Å². The van der Waals surface area contributed by atoms with Gasteiger partial charge in [-0.2, -0.15) is 0 Å². The maximum absolute atomic E-state index is 6.22. The second kappa shape index (κ2) is 51.8. The van der Waals surface area contributed by atoms with Gasteiger partial charge in [0, 0.05) is 39.6 Å². The van der Waals surface area contributed by atoms with E-state index in [-0.39, 0.29) is 25.2 Å². The van der Waals surface area contributed by atoms with E-state index in [1.807, 2.05) is 13.8 Å². The monoisotopic (exact) mass is 867 g/mol. The lowest BCUT2D eigenvalue weighted by atomic mass is 10.1. The number of unbranched alkanes of at least 4 members (excludes halogenated alkanes) is 26. The summed E-state index contributed by atoms with van der Waals surface area (Å²) in [6, 6.07) is 0. The number of rotatable bonds is 52. The number of hydrogen-bond acceptors (Lipinski definition) is 7. The van der Waals surface area contributed by atoms with Crippen LogP contribution in [0.5, 0.6) is 0 Å². The lowest BCUT2D eigenvalue weighted by Gasteiger charge is -2.20. The molecule has 0 saturated heterocycles. The molecular formula is C54H106O7. The molecule has 0 bridgehead atoms. The number of hydrogen-bond donors (Lipinski definition) is 0. The van der Waals surface area contributed by atoms with Crippen molar-refractivity contribution in [2.75, 3.05) is 39.6 Å². The Morgan fingerprint density at radius 2 is 0.574 bits per heavy atom. The molecule has 0 fully saturated rings. The Balaban J connectivity index is 4.07. The first-order valence-electron chi connectivity index (χ1n) is 26.8. The Labute approximate surface area is 380 Å². The fraction of sp³-hybridized carbons (Fsp3) is 0.926. The Bertz CT molecular complexity index is 774. The summed E-state index contributed by atoms with van der Waals surface area (Å²) in [6.45, 7) is 17.6. The van der Waals surface area contributed by atoms with E-state index in [9.17, 15) is 0 Å². The topological polar surface area (TPSA) is 64.6 Å². The molecule has 0 N–H and O–H groups in total. The van der Waals surface area contributed by atoms with Crippen molar-refractivity contribution in [3.63, 3.8) is 0 Å². The second-order valence-electron chi connectivity index (χ2n) is 17.3. The summed E-state index contributed by atoms with van der Waals surface area (Å²) < 4.78 is 42.4. The van der Waals surface area contributed by atoms with E-state index in [0.717, 1.165) is 77.8 Å². The van der Waals surface area contributed by atoms with Crippen LogP contribution in [0.2, 0.25) is 0 Å². The molecule has 0 aliphatic carbocycles. The van der Waals surface area contributed by atoms with Gasteiger partial charge in [0.2, 0.25) is 0 Å². The third-order valence-electron chi connectivity index (χ3n) is 11.3. The van der Waals surface area contributed by atoms with E-state index in [0.29, 0.717) is 13.2 Å². The lowest BCUT2D eigenvalue weighted by molar-refractivity contribution is -0.204. The predicted octanol–water partition coefficient (Wildman–Crippen LogP) is 16.9. The minimum Gasteiger partial charge on any atom is -0.353 e. The molecule has 0 heterocycles. The molecule has 2 atom stereocenters. The summed E-state index contributed by atoms with van der Waals surface area (Å²) in [5.74, 6) is 0. The van der Waals surface area contributed by atoms with E-state index in [2.05, 4.69) is 52.0 Å². The molecule has 364 valence electrons. The third-order valence-corrected chi connectivity index (χ3v) is 11.3. The smallest absolute Gasteiger partial charge is 0.180 e. The molecule has 7 nitrogen and oxygen atoms in total. The molecule has 0 aromatic carbocycles. The lowest BCUT2D eigenvalue weighted by Crippen LogP contribution is -2.24. The van der Waals surface area contributed by atoms with Crippen molar-refractivity contribution in [2.24, 2.45) is 0 Å². The highest BCUT2D eigenvalue weighted by Gasteiger charge is 2.13. The fourth-order valence-corrected chi connectivity index (χ4v) is 7.47. The summed E-state index contributed by atoms with van der Waals surface area (Å²) >= 11 is 0. The van der Waals surface area contributed by atoms with E-state index >= 15 is 0 Å². The van der Waals surface area contributed by atoms with Crippen LogP contribution in [0.3, 0.4) is 0 Å². The van der Waals surface area contributed by atoms with Gasteiger partial charge in [-0.15, -0.1) is 0 Å². The highest BCUT2D eigenvalue weighted by Crippen LogP contribution is 2.17. The zero-order valence-corrected chi connectivity index (χ0v) is 41.8. The molecule has 0 aliphatic heterocycles. The maximum Gasteiger partial charge on any atom is 0.180 e. The van der Waals surface area contributed by atoms with E-state index < -0.39 is 0 Å². The Morgan fingerprint density at radius 3 is 0.852 bits per heavy atom. The largest absolute Gasteiger partial charge is 0.353 e. The molecule has 0 aromatic rings. The van der Waals surface area contributed by atoms with E-state index in [4.69, 9.17) is 33.2 Å². The summed E-state index contributed by atoms with van der Waals surface area (Å²) in [7, 11) is 0. The van der Waals surface area contributed by atoms with Crippen LogP contribution in [0.4, 0.5) is 0 Å². The molecule has 0 rings (SSSR count). The van der Waals surface area contributed by atoms with Gasteiger partial charge in [0.1, 0.15) is 0 Å². The van der Waals surface area contributed by atoms with E-state index in [1.54, 1.807) is 0 Å². The Kier molecular flexibility index (Phi) is 51.2. The van der Waals surface area contributed by atoms with Crippen LogP contribution in [0.1, 0.15) is 260 Å². The molecule has 0 aromatic heterocycles. The fourth-order valence-electron chi connectivity index (χ4n) is 7.47. The standard InChI is InChI=1S/C54H106O7/c1-7-13-39-47-57-51(58-48-40-14-8-2)43-35-31-27-23-19-17-21-25-29-33-37-45-53(55-11-5)61-54(56-12-6)46-38-34-30-26-22-18-20-24-28-32-36-44-52(59-49-41-15-9-3)60-50-42-16-10-4/h37-38,45-46,51-54H,7-36,39-44,47-50H2,1-6H3.